The fourth-order valence-corrected chi connectivity index (χ4v) is 4.87. The Hall–Kier alpha value is -2.05. The van der Waals surface area contributed by atoms with Gasteiger partial charge in [-0.1, -0.05) is 39.8 Å². The van der Waals surface area contributed by atoms with Gasteiger partial charge < -0.3 is 4.90 Å². The van der Waals surface area contributed by atoms with Crippen LogP contribution in [0.2, 0.25) is 0 Å². The van der Waals surface area contributed by atoms with Crippen LogP contribution >= 0.6 is 0 Å². The standard InChI is InChI=1S/C24H32FNO3S/c1-16(2)22-11-19(25)12-23(17(3)4)24(22)13-20(27)15-30(28,29)21-9-7-18(8-10-21)14-26(5)6/h7-12,16-17H,13-15H2,1-6H3. The molecular weight excluding hydrogens is 401 g/mol. The molecule has 164 valence electrons. The van der Waals surface area contributed by atoms with Gasteiger partial charge in [0, 0.05) is 13.0 Å². The van der Waals surface area contributed by atoms with Crippen molar-refractivity contribution in [3.05, 3.63) is 64.5 Å². The van der Waals surface area contributed by atoms with Gasteiger partial charge in [-0.3, -0.25) is 4.79 Å². The maximum Gasteiger partial charge on any atom is 0.185 e. The van der Waals surface area contributed by atoms with Gasteiger partial charge in [-0.05, 0) is 72.5 Å². The number of hydrogen-bond acceptors (Lipinski definition) is 4. The van der Waals surface area contributed by atoms with E-state index in [0.29, 0.717) is 6.54 Å². The van der Waals surface area contributed by atoms with Gasteiger partial charge in [0.2, 0.25) is 0 Å². The van der Waals surface area contributed by atoms with Gasteiger partial charge in [-0.15, -0.1) is 0 Å². The summed E-state index contributed by atoms with van der Waals surface area (Å²) in [6, 6.07) is 9.56. The van der Waals surface area contributed by atoms with E-state index in [1.165, 1.54) is 12.1 Å². The number of hydrogen-bond donors (Lipinski definition) is 0. The average molecular weight is 434 g/mol. The summed E-state index contributed by atoms with van der Waals surface area (Å²) >= 11 is 0. The Morgan fingerprint density at radius 2 is 1.47 bits per heavy atom. The average Bonchev–Trinajstić information content (AvgIpc) is 2.61. The van der Waals surface area contributed by atoms with Crippen LogP contribution in [-0.2, 0) is 27.6 Å². The molecule has 0 unspecified atom stereocenters. The summed E-state index contributed by atoms with van der Waals surface area (Å²) in [5, 5.41) is 0. The Morgan fingerprint density at radius 3 is 1.90 bits per heavy atom. The maximum atomic E-state index is 14.1. The zero-order valence-electron chi connectivity index (χ0n) is 18.7. The van der Waals surface area contributed by atoms with Crippen LogP contribution in [0.15, 0.2) is 41.3 Å². The molecule has 0 fully saturated rings. The normalized spacial score (nSPS) is 12.2. The Balaban J connectivity index is 2.26. The van der Waals surface area contributed by atoms with E-state index in [4.69, 9.17) is 0 Å². The van der Waals surface area contributed by atoms with Crippen LogP contribution in [0.1, 0.15) is 61.8 Å². The van der Waals surface area contributed by atoms with E-state index in [0.717, 1.165) is 22.3 Å². The lowest BCUT2D eigenvalue weighted by Crippen LogP contribution is -2.20. The topological polar surface area (TPSA) is 54.5 Å². The third kappa shape index (κ3) is 6.22. The number of nitrogens with zero attached hydrogens (tertiary/aromatic N) is 1. The Kier molecular flexibility index (Phi) is 7.94. The number of halogens is 1. The quantitative estimate of drug-likeness (QED) is 0.574. The highest BCUT2D eigenvalue weighted by Gasteiger charge is 2.23. The van der Waals surface area contributed by atoms with Crippen LogP contribution in [0.25, 0.3) is 0 Å². The Morgan fingerprint density at radius 1 is 0.967 bits per heavy atom. The second kappa shape index (κ2) is 9.84. The van der Waals surface area contributed by atoms with Crippen LogP contribution in [0.5, 0.6) is 0 Å². The Bertz CT molecular complexity index is 965. The molecule has 0 aliphatic carbocycles. The third-order valence-corrected chi connectivity index (χ3v) is 6.73. The molecule has 2 rings (SSSR count). The first-order valence-electron chi connectivity index (χ1n) is 10.2. The molecule has 0 aliphatic heterocycles. The smallest absolute Gasteiger partial charge is 0.185 e. The van der Waals surface area contributed by atoms with Crippen molar-refractivity contribution in [2.75, 3.05) is 19.8 Å². The number of ketones is 1. The van der Waals surface area contributed by atoms with Crippen molar-refractivity contribution in [3.8, 4) is 0 Å². The minimum absolute atomic E-state index is 0.0146. The predicted octanol–water partition coefficient (Wildman–Crippen LogP) is 4.72. The van der Waals surface area contributed by atoms with Crippen molar-refractivity contribution >= 4 is 15.6 Å². The zero-order chi connectivity index (χ0) is 22.6. The number of carbonyl (C=O) groups is 1. The minimum Gasteiger partial charge on any atom is -0.305 e. The van der Waals surface area contributed by atoms with Gasteiger partial charge in [-0.2, -0.15) is 0 Å². The van der Waals surface area contributed by atoms with Gasteiger partial charge >= 0.3 is 0 Å². The molecule has 4 nitrogen and oxygen atoms in total. The number of rotatable bonds is 9. The first-order chi connectivity index (χ1) is 13.9. The van der Waals surface area contributed by atoms with E-state index < -0.39 is 15.6 Å². The van der Waals surface area contributed by atoms with E-state index in [1.54, 1.807) is 24.3 Å². The zero-order valence-corrected chi connectivity index (χ0v) is 19.5. The van der Waals surface area contributed by atoms with Crippen molar-refractivity contribution in [2.24, 2.45) is 0 Å². The fourth-order valence-electron chi connectivity index (χ4n) is 3.62. The van der Waals surface area contributed by atoms with Gasteiger partial charge in [-0.25, -0.2) is 12.8 Å². The monoisotopic (exact) mass is 433 g/mol. The largest absolute Gasteiger partial charge is 0.305 e. The molecule has 6 heteroatoms. The van der Waals surface area contributed by atoms with Gasteiger partial charge in [0.05, 0.1) is 4.90 Å². The lowest BCUT2D eigenvalue weighted by molar-refractivity contribution is -0.116. The highest BCUT2D eigenvalue weighted by atomic mass is 32.2. The summed E-state index contributed by atoms with van der Waals surface area (Å²) in [7, 11) is 0.144. The highest BCUT2D eigenvalue weighted by molar-refractivity contribution is 7.92. The number of carbonyl (C=O) groups excluding carboxylic acids is 1. The summed E-state index contributed by atoms with van der Waals surface area (Å²) in [6.07, 6.45) is -0.0146. The summed E-state index contributed by atoms with van der Waals surface area (Å²) in [5.41, 5.74) is 3.28. The van der Waals surface area contributed by atoms with Crippen LogP contribution in [0.4, 0.5) is 4.39 Å². The van der Waals surface area contributed by atoms with Crippen LogP contribution in [0.3, 0.4) is 0 Å². The summed E-state index contributed by atoms with van der Waals surface area (Å²) in [4.78, 5) is 14.9. The molecule has 0 N–H and O–H groups in total. The second-order valence-electron chi connectivity index (χ2n) is 8.73. The third-order valence-electron chi connectivity index (χ3n) is 5.03. The van der Waals surface area contributed by atoms with Crippen molar-refractivity contribution in [1.82, 2.24) is 4.90 Å². The maximum absolute atomic E-state index is 14.1. The molecule has 30 heavy (non-hydrogen) atoms. The van der Waals surface area contributed by atoms with Crippen LogP contribution in [0, 0.1) is 5.82 Å². The molecule has 0 radical (unpaired) electrons. The van der Waals surface area contributed by atoms with E-state index in [1.807, 2.05) is 46.7 Å². The molecule has 0 bridgehead atoms. The molecule has 0 saturated heterocycles. The van der Waals surface area contributed by atoms with E-state index in [9.17, 15) is 17.6 Å². The van der Waals surface area contributed by atoms with E-state index in [2.05, 4.69) is 0 Å². The number of sulfone groups is 1. The van der Waals surface area contributed by atoms with E-state index in [-0.39, 0.29) is 34.8 Å². The molecule has 0 aliphatic rings. The summed E-state index contributed by atoms with van der Waals surface area (Å²) in [5.74, 6) is -1.22. The molecule has 0 heterocycles. The van der Waals surface area contributed by atoms with Crippen molar-refractivity contribution in [3.63, 3.8) is 0 Å². The molecule has 2 aromatic carbocycles. The minimum atomic E-state index is -3.74. The number of Topliss-reactive ketones (excluding diaryl/α,β-unsaturated/α-hetero) is 1. The van der Waals surface area contributed by atoms with Crippen molar-refractivity contribution in [2.45, 2.75) is 57.4 Å². The lowest BCUT2D eigenvalue weighted by Gasteiger charge is -2.19. The van der Waals surface area contributed by atoms with Crippen molar-refractivity contribution in [1.29, 1.82) is 0 Å². The summed E-state index contributed by atoms with van der Waals surface area (Å²) < 4.78 is 39.6. The SMILES string of the molecule is CC(C)c1cc(F)cc(C(C)C)c1CC(=O)CS(=O)(=O)c1ccc(CN(C)C)cc1. The molecular formula is C24H32FNO3S. The summed E-state index contributed by atoms with van der Waals surface area (Å²) in [6.45, 7) is 8.48. The van der Waals surface area contributed by atoms with Gasteiger partial charge in [0.1, 0.15) is 11.6 Å². The second-order valence-corrected chi connectivity index (χ2v) is 10.7. The first kappa shape index (κ1) is 24.2. The predicted molar refractivity (Wildman–Crippen MR) is 119 cm³/mol. The van der Waals surface area contributed by atoms with Crippen LogP contribution in [-0.4, -0.2) is 38.9 Å². The van der Waals surface area contributed by atoms with E-state index >= 15 is 0 Å². The molecule has 0 spiro atoms. The van der Waals surface area contributed by atoms with Gasteiger partial charge in [0.15, 0.2) is 15.6 Å². The molecule has 2 aromatic rings. The van der Waals surface area contributed by atoms with Gasteiger partial charge in [0.25, 0.3) is 0 Å². The highest BCUT2D eigenvalue weighted by Crippen LogP contribution is 2.30. The fraction of sp³-hybridized carbons (Fsp3) is 0.458. The molecule has 0 saturated carbocycles. The molecule has 0 aromatic heterocycles. The lowest BCUT2D eigenvalue weighted by atomic mass is 9.86. The van der Waals surface area contributed by atoms with Crippen molar-refractivity contribution < 1.29 is 17.6 Å². The van der Waals surface area contributed by atoms with Crippen LogP contribution < -0.4 is 0 Å². The molecule has 0 amide bonds. The molecule has 0 atom stereocenters. The first-order valence-corrected chi connectivity index (χ1v) is 11.9. The number of benzene rings is 2. The Labute approximate surface area is 180 Å².